The summed E-state index contributed by atoms with van der Waals surface area (Å²) in [6, 6.07) is 0.290. The molecule has 1 fully saturated rings. The fourth-order valence-corrected chi connectivity index (χ4v) is 2.95. The number of carbonyl (C=O) groups excluding carboxylic acids is 1. The summed E-state index contributed by atoms with van der Waals surface area (Å²) in [4.78, 5) is 20.2. The van der Waals surface area contributed by atoms with Gasteiger partial charge in [0.15, 0.2) is 5.96 Å². The summed E-state index contributed by atoms with van der Waals surface area (Å²) in [6.07, 6.45) is 1.56. The van der Waals surface area contributed by atoms with Crippen LogP contribution in [-0.4, -0.2) is 75.0 Å². The summed E-state index contributed by atoms with van der Waals surface area (Å²) in [5.74, 6) is 1.06. The highest BCUT2D eigenvalue weighted by Gasteiger charge is 2.26. The molecule has 1 heterocycles. The molecule has 2 N–H and O–H groups in total. The summed E-state index contributed by atoms with van der Waals surface area (Å²) in [5.41, 5.74) is 0.168. The van der Waals surface area contributed by atoms with E-state index in [1.54, 1.807) is 7.05 Å². The molecule has 128 valence electrons. The Morgan fingerprint density at radius 1 is 1.41 bits per heavy atom. The first-order chi connectivity index (χ1) is 10.3. The average molecular weight is 311 g/mol. The quantitative estimate of drug-likeness (QED) is 0.561. The number of carbonyl (C=O) groups is 1. The predicted octanol–water partition coefficient (Wildman–Crippen LogP) is 0.750. The third kappa shape index (κ3) is 6.22. The van der Waals surface area contributed by atoms with E-state index in [0.717, 1.165) is 38.6 Å². The number of hydrogen-bond acceptors (Lipinski definition) is 3. The van der Waals surface area contributed by atoms with Crippen molar-refractivity contribution in [2.75, 3.05) is 47.3 Å². The van der Waals surface area contributed by atoms with Gasteiger partial charge in [-0.3, -0.25) is 9.79 Å². The van der Waals surface area contributed by atoms with Crippen molar-refractivity contribution >= 4 is 11.9 Å². The van der Waals surface area contributed by atoms with Crippen molar-refractivity contribution < 1.29 is 4.79 Å². The molecular weight excluding hydrogens is 278 g/mol. The zero-order chi connectivity index (χ0) is 16.8. The van der Waals surface area contributed by atoms with Gasteiger partial charge in [-0.15, -0.1) is 0 Å². The molecule has 22 heavy (non-hydrogen) atoms. The third-order valence-electron chi connectivity index (χ3n) is 3.89. The maximum absolute atomic E-state index is 11.7. The molecule has 0 aromatic rings. The Morgan fingerprint density at radius 3 is 2.64 bits per heavy atom. The van der Waals surface area contributed by atoms with E-state index in [0.29, 0.717) is 12.5 Å². The zero-order valence-electron chi connectivity index (χ0n) is 15.1. The second kappa shape index (κ2) is 8.36. The van der Waals surface area contributed by atoms with Crippen LogP contribution in [0.1, 0.15) is 33.6 Å². The Kier molecular flexibility index (Phi) is 7.13. The number of amides is 1. The largest absolute Gasteiger partial charge is 0.356 e. The molecule has 0 aromatic heterocycles. The molecule has 1 aliphatic heterocycles. The molecule has 0 radical (unpaired) electrons. The van der Waals surface area contributed by atoms with Crippen LogP contribution >= 0.6 is 0 Å². The van der Waals surface area contributed by atoms with Crippen LogP contribution in [0.5, 0.6) is 0 Å². The van der Waals surface area contributed by atoms with Gasteiger partial charge in [0, 0.05) is 45.7 Å². The summed E-state index contributed by atoms with van der Waals surface area (Å²) in [5, 5.41) is 6.84. The molecule has 0 bridgehead atoms. The molecule has 6 nitrogen and oxygen atoms in total. The number of likely N-dealkylation sites (tertiary alicyclic amines) is 1. The first-order valence-corrected chi connectivity index (χ1v) is 8.17. The first kappa shape index (κ1) is 18.7. The first-order valence-electron chi connectivity index (χ1n) is 8.17. The molecule has 1 aliphatic rings. The van der Waals surface area contributed by atoms with Crippen molar-refractivity contribution in [2.45, 2.75) is 39.7 Å². The summed E-state index contributed by atoms with van der Waals surface area (Å²) in [7, 11) is 5.97. The summed E-state index contributed by atoms with van der Waals surface area (Å²) in [6.45, 7) is 9.88. The smallest absolute Gasteiger partial charge is 0.222 e. The van der Waals surface area contributed by atoms with Crippen LogP contribution in [0, 0.1) is 5.41 Å². The Bertz CT molecular complexity index is 392. The van der Waals surface area contributed by atoms with Crippen LogP contribution < -0.4 is 10.6 Å². The van der Waals surface area contributed by atoms with Crippen molar-refractivity contribution in [3.63, 3.8) is 0 Å². The lowest BCUT2D eigenvalue weighted by molar-refractivity contribution is -0.129. The van der Waals surface area contributed by atoms with Crippen LogP contribution in [0.2, 0.25) is 0 Å². The van der Waals surface area contributed by atoms with Crippen molar-refractivity contribution in [3.8, 4) is 0 Å². The molecule has 0 aromatic carbocycles. The van der Waals surface area contributed by atoms with Gasteiger partial charge in [-0.2, -0.15) is 0 Å². The lowest BCUT2D eigenvalue weighted by atomic mass is 9.93. The minimum Gasteiger partial charge on any atom is -0.356 e. The molecule has 1 unspecified atom stereocenters. The number of guanidine groups is 1. The van der Waals surface area contributed by atoms with Crippen LogP contribution in [0.3, 0.4) is 0 Å². The van der Waals surface area contributed by atoms with Gasteiger partial charge in [-0.1, -0.05) is 20.8 Å². The number of hydrogen-bond donors (Lipinski definition) is 2. The van der Waals surface area contributed by atoms with Crippen LogP contribution in [0.15, 0.2) is 4.99 Å². The fraction of sp³-hybridized carbons (Fsp3) is 0.875. The average Bonchev–Trinajstić information content (AvgIpc) is 2.89. The van der Waals surface area contributed by atoms with Gasteiger partial charge in [0.25, 0.3) is 0 Å². The van der Waals surface area contributed by atoms with Gasteiger partial charge in [-0.25, -0.2) is 0 Å². The Balaban J connectivity index is 2.42. The second-order valence-corrected chi connectivity index (χ2v) is 7.15. The molecule has 6 heteroatoms. The molecule has 1 saturated heterocycles. The van der Waals surface area contributed by atoms with E-state index in [-0.39, 0.29) is 11.3 Å². The minimum atomic E-state index is 0.168. The molecular formula is C16H33N5O. The van der Waals surface area contributed by atoms with E-state index in [1.807, 2.05) is 11.8 Å². The maximum atomic E-state index is 11.7. The molecule has 1 atom stereocenters. The maximum Gasteiger partial charge on any atom is 0.222 e. The Hall–Kier alpha value is -1.30. The van der Waals surface area contributed by atoms with Gasteiger partial charge < -0.3 is 20.4 Å². The van der Waals surface area contributed by atoms with Crippen molar-refractivity contribution in [1.29, 1.82) is 0 Å². The van der Waals surface area contributed by atoms with E-state index < -0.39 is 0 Å². The standard InChI is InChI=1S/C16H33N5O/c1-7-14(22)21-9-8-13(10-21)19-15(17-4)18-11-16(2,3)12-20(5)6/h13H,7-12H2,1-6H3,(H2,17,18,19). The summed E-state index contributed by atoms with van der Waals surface area (Å²) >= 11 is 0. The SMILES string of the molecule is CCC(=O)N1CCC(NC(=NC)NCC(C)(C)CN(C)C)C1. The summed E-state index contributed by atoms with van der Waals surface area (Å²) < 4.78 is 0. The monoisotopic (exact) mass is 311 g/mol. The van der Waals surface area contributed by atoms with Gasteiger partial charge in [0.05, 0.1) is 0 Å². The topological polar surface area (TPSA) is 60.0 Å². The van der Waals surface area contributed by atoms with Crippen molar-refractivity contribution in [2.24, 2.45) is 10.4 Å². The zero-order valence-corrected chi connectivity index (χ0v) is 15.1. The highest BCUT2D eigenvalue weighted by molar-refractivity contribution is 5.80. The van der Waals surface area contributed by atoms with Gasteiger partial charge in [-0.05, 0) is 25.9 Å². The molecule has 0 spiro atoms. The second-order valence-electron chi connectivity index (χ2n) is 7.15. The Morgan fingerprint density at radius 2 is 2.09 bits per heavy atom. The van der Waals surface area contributed by atoms with Crippen LogP contribution in [-0.2, 0) is 4.79 Å². The van der Waals surface area contributed by atoms with E-state index in [4.69, 9.17) is 0 Å². The molecule has 0 aliphatic carbocycles. The van der Waals surface area contributed by atoms with Gasteiger partial charge in [0.1, 0.15) is 0 Å². The highest BCUT2D eigenvalue weighted by Crippen LogP contribution is 2.14. The number of rotatable bonds is 6. The Labute approximate surface area is 135 Å². The van der Waals surface area contributed by atoms with E-state index in [2.05, 4.69) is 48.5 Å². The lowest BCUT2D eigenvalue weighted by Crippen LogP contribution is -2.48. The van der Waals surface area contributed by atoms with E-state index in [1.165, 1.54) is 0 Å². The predicted molar refractivity (Wildman–Crippen MR) is 92.1 cm³/mol. The van der Waals surface area contributed by atoms with Crippen molar-refractivity contribution in [3.05, 3.63) is 0 Å². The van der Waals surface area contributed by atoms with Crippen molar-refractivity contribution in [1.82, 2.24) is 20.4 Å². The number of aliphatic imine (C=N–C) groups is 1. The third-order valence-corrected chi connectivity index (χ3v) is 3.89. The van der Waals surface area contributed by atoms with E-state index in [9.17, 15) is 4.79 Å². The molecule has 1 amide bonds. The van der Waals surface area contributed by atoms with Gasteiger partial charge in [0.2, 0.25) is 5.91 Å². The highest BCUT2D eigenvalue weighted by atomic mass is 16.2. The van der Waals surface area contributed by atoms with Crippen LogP contribution in [0.25, 0.3) is 0 Å². The number of nitrogens with zero attached hydrogens (tertiary/aromatic N) is 3. The van der Waals surface area contributed by atoms with Gasteiger partial charge >= 0.3 is 0 Å². The van der Waals surface area contributed by atoms with Crippen LogP contribution in [0.4, 0.5) is 0 Å². The normalized spacial score (nSPS) is 19.7. The fourth-order valence-electron chi connectivity index (χ4n) is 2.95. The van der Waals surface area contributed by atoms with E-state index >= 15 is 0 Å². The molecule has 1 rings (SSSR count). The molecule has 0 saturated carbocycles. The lowest BCUT2D eigenvalue weighted by Gasteiger charge is -2.29. The number of nitrogens with one attached hydrogen (secondary N) is 2. The minimum absolute atomic E-state index is 0.168.